The van der Waals surface area contributed by atoms with Gasteiger partial charge in [-0.05, 0) is 37.5 Å². The number of hydrogen-bond donors (Lipinski definition) is 1. The highest BCUT2D eigenvalue weighted by Gasteiger charge is 2.26. The molecule has 21 heavy (non-hydrogen) atoms. The molecule has 0 saturated heterocycles. The van der Waals surface area contributed by atoms with E-state index < -0.39 is 21.8 Å². The highest BCUT2D eigenvalue weighted by atomic mass is 32.2. The van der Waals surface area contributed by atoms with Crippen LogP contribution >= 0.6 is 11.8 Å². The Morgan fingerprint density at radius 3 is 2.57 bits per heavy atom. The summed E-state index contributed by atoms with van der Waals surface area (Å²) in [6.07, 6.45) is 2.88. The maximum atomic E-state index is 12.2. The van der Waals surface area contributed by atoms with Crippen LogP contribution in [0.4, 0.5) is 0 Å². The van der Waals surface area contributed by atoms with E-state index in [2.05, 4.69) is 9.51 Å². The lowest BCUT2D eigenvalue weighted by molar-refractivity contribution is -0.117. The molecule has 1 aromatic rings. The summed E-state index contributed by atoms with van der Waals surface area (Å²) in [4.78, 5) is 14.5. The molecule has 1 aromatic carbocycles. The summed E-state index contributed by atoms with van der Waals surface area (Å²) in [7, 11) is -3.79. The van der Waals surface area contributed by atoms with Gasteiger partial charge in [0.15, 0.2) is 0 Å². The van der Waals surface area contributed by atoms with E-state index in [1.54, 1.807) is 12.1 Å². The Bertz CT molecular complexity index is 635. The Balaban J connectivity index is 2.97. The van der Waals surface area contributed by atoms with Crippen molar-refractivity contribution in [2.24, 2.45) is 0 Å². The molecule has 1 atom stereocenters. The van der Waals surface area contributed by atoms with Crippen LogP contribution in [0.25, 0.3) is 5.53 Å². The van der Waals surface area contributed by atoms with Crippen molar-refractivity contribution in [3.63, 3.8) is 0 Å². The van der Waals surface area contributed by atoms with Gasteiger partial charge < -0.3 is 5.53 Å². The second-order valence-electron chi connectivity index (χ2n) is 4.42. The third kappa shape index (κ3) is 5.43. The van der Waals surface area contributed by atoms with Gasteiger partial charge in [0.25, 0.3) is 5.78 Å². The summed E-state index contributed by atoms with van der Waals surface area (Å²) in [5, 5.41) is 0. The van der Waals surface area contributed by atoms with Crippen LogP contribution in [0, 0.1) is 6.92 Å². The molecule has 114 valence electrons. The fraction of sp³-hybridized carbons (Fsp3) is 0.385. The monoisotopic (exact) mass is 327 g/mol. The number of rotatable bonds is 8. The molecule has 0 spiro atoms. The fourth-order valence-corrected chi connectivity index (χ4v) is 3.33. The van der Waals surface area contributed by atoms with Gasteiger partial charge in [-0.2, -0.15) is 21.3 Å². The minimum Gasteiger partial charge on any atom is -0.361 e. The first-order chi connectivity index (χ1) is 9.90. The van der Waals surface area contributed by atoms with Crippen LogP contribution in [0.3, 0.4) is 0 Å². The number of sulfonamides is 1. The van der Waals surface area contributed by atoms with Gasteiger partial charge in [-0.25, -0.2) is 8.42 Å². The fourth-order valence-electron chi connectivity index (χ4n) is 1.61. The van der Waals surface area contributed by atoms with E-state index in [-0.39, 0.29) is 4.90 Å². The molecule has 8 heteroatoms. The van der Waals surface area contributed by atoms with E-state index in [9.17, 15) is 13.2 Å². The summed E-state index contributed by atoms with van der Waals surface area (Å²) in [5.41, 5.74) is 9.36. The second kappa shape index (κ2) is 8.09. The molecule has 0 radical (unpaired) electrons. The van der Waals surface area contributed by atoms with Gasteiger partial charge in [-0.1, -0.05) is 17.7 Å². The van der Waals surface area contributed by atoms with E-state index >= 15 is 0 Å². The van der Waals surface area contributed by atoms with Crippen LogP contribution in [0.5, 0.6) is 0 Å². The highest BCUT2D eigenvalue weighted by Crippen LogP contribution is 2.12. The maximum absolute atomic E-state index is 12.2. The van der Waals surface area contributed by atoms with Crippen LogP contribution in [0.2, 0.25) is 0 Å². The Labute approximate surface area is 128 Å². The van der Waals surface area contributed by atoms with Gasteiger partial charge in [0.2, 0.25) is 10.0 Å². The molecule has 1 rings (SSSR count). The summed E-state index contributed by atoms with van der Waals surface area (Å²) >= 11 is 1.50. The van der Waals surface area contributed by atoms with Crippen molar-refractivity contribution in [2.45, 2.75) is 24.3 Å². The Morgan fingerprint density at radius 1 is 1.43 bits per heavy atom. The van der Waals surface area contributed by atoms with Gasteiger partial charge in [-0.15, -0.1) is 0 Å². The first-order valence-corrected chi connectivity index (χ1v) is 9.07. The Hall–Kier alpha value is -1.47. The second-order valence-corrected chi connectivity index (χ2v) is 7.11. The molecule has 0 amide bonds. The number of ketones is 1. The minimum absolute atomic E-state index is 0.0935. The van der Waals surface area contributed by atoms with Crippen molar-refractivity contribution < 1.29 is 18.0 Å². The van der Waals surface area contributed by atoms with Crippen molar-refractivity contribution in [2.75, 3.05) is 12.0 Å². The molecule has 0 bridgehead atoms. The summed E-state index contributed by atoms with van der Waals surface area (Å²) in [5.74, 6) is 0.0220. The van der Waals surface area contributed by atoms with Crippen LogP contribution in [-0.4, -0.2) is 43.3 Å². The largest absolute Gasteiger partial charge is 0.361 e. The molecule has 0 aromatic heterocycles. The average Bonchev–Trinajstić information content (AvgIpc) is 2.44. The number of carbonyl (C=O) groups is 1. The third-order valence-electron chi connectivity index (χ3n) is 2.77. The van der Waals surface area contributed by atoms with Crippen molar-refractivity contribution in [1.82, 2.24) is 4.72 Å². The predicted molar refractivity (Wildman–Crippen MR) is 83.0 cm³/mol. The number of nitrogens with zero attached hydrogens (tertiary/aromatic N) is 2. The quantitative estimate of drug-likeness (QED) is 0.441. The van der Waals surface area contributed by atoms with Gasteiger partial charge in [0.1, 0.15) is 0 Å². The molecule has 6 nitrogen and oxygen atoms in total. The van der Waals surface area contributed by atoms with Gasteiger partial charge >= 0.3 is 6.21 Å². The molecule has 0 aliphatic heterocycles. The van der Waals surface area contributed by atoms with E-state index in [4.69, 9.17) is 5.53 Å². The Kier molecular flexibility index (Phi) is 6.77. The number of hydrogen-bond acceptors (Lipinski definition) is 4. The SMILES string of the molecule is CSCCC(NS(=O)(=O)c1ccc(C)cc1)C(=O)C=[N+]=[N-]. The van der Waals surface area contributed by atoms with Crippen molar-refractivity contribution in [3.8, 4) is 0 Å². The molecule has 0 aliphatic rings. The molecule has 0 fully saturated rings. The number of thioether (sulfide) groups is 1. The molecular weight excluding hydrogens is 310 g/mol. The normalized spacial score (nSPS) is 12.5. The first-order valence-electron chi connectivity index (χ1n) is 6.20. The van der Waals surface area contributed by atoms with Gasteiger partial charge in [0, 0.05) is 0 Å². The van der Waals surface area contributed by atoms with Crippen LogP contribution < -0.4 is 4.72 Å². The molecule has 0 aliphatic carbocycles. The predicted octanol–water partition coefficient (Wildman–Crippen LogP) is 1.26. The Morgan fingerprint density at radius 2 is 2.05 bits per heavy atom. The summed E-state index contributed by atoms with van der Waals surface area (Å²) < 4.78 is 26.9. The van der Waals surface area contributed by atoms with Crippen LogP contribution in [-0.2, 0) is 14.8 Å². The number of carbonyl (C=O) groups excluding carboxylic acids is 1. The molecular formula is C13H17N3O3S2. The number of Topliss-reactive ketones (excluding diaryl/α,β-unsaturated/α-hetero) is 1. The smallest absolute Gasteiger partial charge is 0.324 e. The van der Waals surface area contributed by atoms with Gasteiger partial charge in [-0.3, -0.25) is 4.79 Å². The number of aryl methyl sites for hydroxylation is 1. The van der Waals surface area contributed by atoms with Gasteiger partial charge in [0.05, 0.1) is 10.9 Å². The van der Waals surface area contributed by atoms with Crippen LogP contribution in [0.1, 0.15) is 12.0 Å². The topological polar surface area (TPSA) is 99.6 Å². The summed E-state index contributed by atoms with van der Waals surface area (Å²) in [6.45, 7) is 1.85. The molecule has 0 saturated carbocycles. The highest BCUT2D eigenvalue weighted by molar-refractivity contribution is 7.98. The van der Waals surface area contributed by atoms with Crippen molar-refractivity contribution in [3.05, 3.63) is 35.4 Å². The van der Waals surface area contributed by atoms with E-state index in [0.29, 0.717) is 18.4 Å². The zero-order valence-corrected chi connectivity index (χ0v) is 13.4. The number of nitrogens with one attached hydrogen (secondary N) is 1. The van der Waals surface area contributed by atoms with E-state index in [1.807, 2.05) is 13.2 Å². The zero-order chi connectivity index (χ0) is 15.9. The number of benzene rings is 1. The lowest BCUT2D eigenvalue weighted by Crippen LogP contribution is -2.41. The van der Waals surface area contributed by atoms with Crippen LogP contribution in [0.15, 0.2) is 29.2 Å². The standard InChI is InChI=1S/C13H17N3O3S2/c1-10-3-5-11(6-4-10)21(18,19)16-12(7-8-20-2)13(17)9-15-14/h3-6,9,12,16H,7-8H2,1-2H3. The molecule has 0 heterocycles. The van der Waals surface area contributed by atoms with E-state index in [1.165, 1.54) is 23.9 Å². The lowest BCUT2D eigenvalue weighted by Gasteiger charge is -2.14. The minimum atomic E-state index is -3.79. The maximum Gasteiger partial charge on any atom is 0.324 e. The van der Waals surface area contributed by atoms with E-state index in [0.717, 1.165) is 5.56 Å². The summed E-state index contributed by atoms with van der Waals surface area (Å²) in [6, 6.07) is 5.38. The first kappa shape index (κ1) is 17.6. The average molecular weight is 327 g/mol. The zero-order valence-electron chi connectivity index (χ0n) is 11.8. The molecule has 1 N–H and O–H groups in total. The third-order valence-corrected chi connectivity index (χ3v) is 4.90. The molecule has 1 unspecified atom stereocenters. The van der Waals surface area contributed by atoms with Crippen molar-refractivity contribution in [1.29, 1.82) is 0 Å². The lowest BCUT2D eigenvalue weighted by atomic mass is 10.2. The van der Waals surface area contributed by atoms with Crippen molar-refractivity contribution >= 4 is 33.8 Å².